The second-order valence-corrected chi connectivity index (χ2v) is 7.02. The van der Waals surface area contributed by atoms with Crippen molar-refractivity contribution in [3.63, 3.8) is 0 Å². The third-order valence-electron chi connectivity index (χ3n) is 4.92. The van der Waals surface area contributed by atoms with E-state index in [4.69, 9.17) is 12.2 Å². The number of aryl methyl sites for hydroxylation is 1. The average Bonchev–Trinajstić information content (AvgIpc) is 2.56. The topological polar surface area (TPSA) is 53.2 Å². The summed E-state index contributed by atoms with van der Waals surface area (Å²) in [5, 5.41) is 3.71. The SMILES string of the molecule is C[C@H]1[C@@H](NC(=S)NNC(=O)CCc2ccccc2F)CCC[C@@H]1C. The van der Waals surface area contributed by atoms with Crippen LogP contribution >= 0.6 is 12.2 Å². The van der Waals surface area contributed by atoms with E-state index in [0.29, 0.717) is 35.0 Å². The zero-order valence-electron chi connectivity index (χ0n) is 14.3. The molecule has 1 amide bonds. The molecule has 3 N–H and O–H groups in total. The minimum atomic E-state index is -0.282. The average molecular weight is 351 g/mol. The first-order valence-corrected chi connectivity index (χ1v) is 8.97. The second-order valence-electron chi connectivity index (χ2n) is 6.61. The van der Waals surface area contributed by atoms with Crippen LogP contribution in [-0.4, -0.2) is 17.1 Å². The summed E-state index contributed by atoms with van der Waals surface area (Å²) in [6.07, 6.45) is 4.10. The quantitative estimate of drug-likeness (QED) is 0.576. The van der Waals surface area contributed by atoms with Gasteiger partial charge in [-0.2, -0.15) is 0 Å². The van der Waals surface area contributed by atoms with E-state index in [-0.39, 0.29) is 18.1 Å². The van der Waals surface area contributed by atoms with Crippen LogP contribution in [0, 0.1) is 17.7 Å². The van der Waals surface area contributed by atoms with Crippen molar-refractivity contribution in [1.82, 2.24) is 16.2 Å². The number of amides is 1. The van der Waals surface area contributed by atoms with E-state index in [1.165, 1.54) is 18.9 Å². The Balaban J connectivity index is 1.69. The molecule has 0 heterocycles. The molecule has 0 saturated heterocycles. The highest BCUT2D eigenvalue weighted by Crippen LogP contribution is 2.29. The van der Waals surface area contributed by atoms with Gasteiger partial charge < -0.3 is 5.32 Å². The Labute approximate surface area is 148 Å². The van der Waals surface area contributed by atoms with Crippen LogP contribution in [0.1, 0.15) is 45.1 Å². The molecule has 24 heavy (non-hydrogen) atoms. The summed E-state index contributed by atoms with van der Waals surface area (Å²) >= 11 is 5.25. The fourth-order valence-electron chi connectivity index (χ4n) is 3.13. The van der Waals surface area contributed by atoms with Gasteiger partial charge in [-0.3, -0.25) is 15.6 Å². The van der Waals surface area contributed by atoms with Crippen LogP contribution in [0.3, 0.4) is 0 Å². The maximum atomic E-state index is 13.5. The molecule has 1 fully saturated rings. The molecule has 2 rings (SSSR count). The van der Waals surface area contributed by atoms with Crippen molar-refractivity contribution >= 4 is 23.2 Å². The van der Waals surface area contributed by atoms with Crippen molar-refractivity contribution < 1.29 is 9.18 Å². The predicted molar refractivity (Wildman–Crippen MR) is 97.7 cm³/mol. The number of thiocarbonyl (C=S) groups is 1. The minimum absolute atomic E-state index is 0.202. The van der Waals surface area contributed by atoms with E-state index in [0.717, 1.165) is 6.42 Å². The maximum absolute atomic E-state index is 13.5. The van der Waals surface area contributed by atoms with E-state index >= 15 is 0 Å². The summed E-state index contributed by atoms with van der Waals surface area (Å²) in [4.78, 5) is 11.9. The van der Waals surface area contributed by atoms with E-state index in [9.17, 15) is 9.18 Å². The lowest BCUT2D eigenvalue weighted by molar-refractivity contribution is -0.121. The van der Waals surface area contributed by atoms with Crippen molar-refractivity contribution in [2.24, 2.45) is 11.8 Å². The largest absolute Gasteiger partial charge is 0.358 e. The summed E-state index contributed by atoms with van der Waals surface area (Å²) in [5.41, 5.74) is 5.86. The van der Waals surface area contributed by atoms with Crippen LogP contribution in [0.15, 0.2) is 24.3 Å². The van der Waals surface area contributed by atoms with E-state index in [2.05, 4.69) is 30.0 Å². The molecule has 0 bridgehead atoms. The molecule has 0 aliphatic heterocycles. The van der Waals surface area contributed by atoms with Gasteiger partial charge in [0.25, 0.3) is 0 Å². The first-order chi connectivity index (χ1) is 11.5. The highest BCUT2D eigenvalue weighted by Gasteiger charge is 2.27. The molecule has 6 heteroatoms. The maximum Gasteiger partial charge on any atom is 0.238 e. The normalized spacial score (nSPS) is 23.4. The van der Waals surface area contributed by atoms with Gasteiger partial charge in [0.1, 0.15) is 5.82 Å². The Morgan fingerprint density at radius 2 is 2.00 bits per heavy atom. The van der Waals surface area contributed by atoms with Crippen molar-refractivity contribution in [3.05, 3.63) is 35.6 Å². The van der Waals surface area contributed by atoms with Gasteiger partial charge in [0.2, 0.25) is 5.91 Å². The van der Waals surface area contributed by atoms with Crippen molar-refractivity contribution in [1.29, 1.82) is 0 Å². The van der Waals surface area contributed by atoms with Gasteiger partial charge in [-0.25, -0.2) is 4.39 Å². The Hall–Kier alpha value is -1.69. The molecule has 1 aromatic rings. The molecule has 0 aromatic heterocycles. The summed E-state index contributed by atoms with van der Waals surface area (Å²) in [7, 11) is 0. The van der Waals surface area contributed by atoms with Gasteiger partial charge >= 0.3 is 0 Å². The first-order valence-electron chi connectivity index (χ1n) is 8.56. The monoisotopic (exact) mass is 351 g/mol. The lowest BCUT2D eigenvalue weighted by atomic mass is 9.78. The standard InChI is InChI=1S/C18H26FN3OS/c1-12-6-5-9-16(13(12)2)20-18(24)22-21-17(23)11-10-14-7-3-4-8-15(14)19/h3-4,7-8,12-13,16H,5-6,9-11H2,1-2H3,(H,21,23)(H2,20,22,24)/t12-,13+,16-/m0/s1. The second kappa shape index (κ2) is 8.97. The van der Waals surface area contributed by atoms with Gasteiger partial charge in [-0.05, 0) is 48.5 Å². The Bertz CT molecular complexity index is 581. The molecule has 1 aromatic carbocycles. The molecule has 3 atom stereocenters. The highest BCUT2D eigenvalue weighted by molar-refractivity contribution is 7.80. The molecule has 1 aliphatic rings. The number of benzene rings is 1. The van der Waals surface area contributed by atoms with E-state index in [1.54, 1.807) is 18.2 Å². The Morgan fingerprint density at radius 1 is 1.25 bits per heavy atom. The van der Waals surface area contributed by atoms with Gasteiger partial charge in [0, 0.05) is 12.5 Å². The van der Waals surface area contributed by atoms with Gasteiger partial charge in [0.15, 0.2) is 5.11 Å². The summed E-state index contributed by atoms with van der Waals surface area (Å²) in [6.45, 7) is 4.50. The molecule has 0 spiro atoms. The van der Waals surface area contributed by atoms with Crippen LogP contribution in [0.4, 0.5) is 4.39 Å². The Kier molecular flexibility index (Phi) is 6.97. The summed E-state index contributed by atoms with van der Waals surface area (Å²) < 4.78 is 13.5. The smallest absolute Gasteiger partial charge is 0.238 e. The number of halogens is 1. The van der Waals surface area contributed by atoms with Gasteiger partial charge in [-0.15, -0.1) is 0 Å². The molecule has 1 saturated carbocycles. The van der Waals surface area contributed by atoms with E-state index in [1.807, 2.05) is 0 Å². The molecule has 0 radical (unpaired) electrons. The highest BCUT2D eigenvalue weighted by atomic mass is 32.1. The number of nitrogens with one attached hydrogen (secondary N) is 3. The number of rotatable bonds is 4. The zero-order chi connectivity index (χ0) is 17.5. The number of carbonyl (C=O) groups is 1. The van der Waals surface area contributed by atoms with Crippen molar-refractivity contribution in [3.8, 4) is 0 Å². The number of hydrogen-bond acceptors (Lipinski definition) is 2. The third kappa shape index (κ3) is 5.44. The van der Waals surface area contributed by atoms with Crippen LogP contribution in [-0.2, 0) is 11.2 Å². The summed E-state index contributed by atoms with van der Waals surface area (Å²) in [6, 6.07) is 6.83. The fourth-order valence-corrected chi connectivity index (χ4v) is 3.33. The molecular formula is C18H26FN3OS. The lowest BCUT2D eigenvalue weighted by Crippen LogP contribution is -2.52. The van der Waals surface area contributed by atoms with Crippen molar-refractivity contribution in [2.45, 2.75) is 52.0 Å². The van der Waals surface area contributed by atoms with Crippen LogP contribution in [0.25, 0.3) is 0 Å². The van der Waals surface area contributed by atoms with Gasteiger partial charge in [0.05, 0.1) is 0 Å². The lowest BCUT2D eigenvalue weighted by Gasteiger charge is -2.35. The van der Waals surface area contributed by atoms with Crippen LogP contribution in [0.2, 0.25) is 0 Å². The van der Waals surface area contributed by atoms with Crippen LogP contribution < -0.4 is 16.2 Å². The Morgan fingerprint density at radius 3 is 2.75 bits per heavy atom. The zero-order valence-corrected chi connectivity index (χ0v) is 15.1. The minimum Gasteiger partial charge on any atom is -0.358 e. The van der Waals surface area contributed by atoms with Crippen molar-refractivity contribution in [2.75, 3.05) is 0 Å². The molecule has 4 nitrogen and oxygen atoms in total. The third-order valence-corrected chi connectivity index (χ3v) is 5.14. The van der Waals surface area contributed by atoms with Crippen LogP contribution in [0.5, 0.6) is 0 Å². The number of carbonyl (C=O) groups excluding carboxylic acids is 1. The molecular weight excluding hydrogens is 325 g/mol. The number of hydrogen-bond donors (Lipinski definition) is 3. The number of hydrazine groups is 1. The molecule has 132 valence electrons. The first kappa shape index (κ1) is 18.6. The summed E-state index contributed by atoms with van der Waals surface area (Å²) in [5.74, 6) is 0.730. The van der Waals surface area contributed by atoms with E-state index < -0.39 is 0 Å². The molecule has 1 aliphatic carbocycles. The molecule has 0 unspecified atom stereocenters. The fraction of sp³-hybridized carbons (Fsp3) is 0.556. The predicted octanol–water partition coefficient (Wildman–Crippen LogP) is 3.08. The van der Waals surface area contributed by atoms with Gasteiger partial charge in [-0.1, -0.05) is 44.9 Å².